The van der Waals surface area contributed by atoms with E-state index in [2.05, 4.69) is 19.1 Å². The van der Waals surface area contributed by atoms with Gasteiger partial charge in [-0.1, -0.05) is 17.7 Å². The highest BCUT2D eigenvalue weighted by molar-refractivity contribution is 5.69. The second kappa shape index (κ2) is 4.15. The Morgan fingerprint density at radius 3 is 2.24 bits per heavy atom. The van der Waals surface area contributed by atoms with E-state index in [1.54, 1.807) is 0 Å². The number of carboxylic acid groups (broad SMARTS) is 1. The van der Waals surface area contributed by atoms with Crippen molar-refractivity contribution in [1.82, 2.24) is 0 Å². The molecule has 3 nitrogen and oxygen atoms in total. The molecule has 0 aromatic heterocycles. The second-order valence-corrected chi connectivity index (χ2v) is 4.94. The van der Waals surface area contributed by atoms with Gasteiger partial charge in [-0.15, -0.1) is 0 Å². The number of carboxylic acids is 1. The molecule has 0 amide bonds. The molecule has 1 atom stereocenters. The molecule has 3 heteroatoms. The van der Waals surface area contributed by atoms with Gasteiger partial charge < -0.3 is 9.84 Å². The maximum atomic E-state index is 11.0. The van der Waals surface area contributed by atoms with E-state index in [9.17, 15) is 4.79 Å². The van der Waals surface area contributed by atoms with Gasteiger partial charge in [0.05, 0.1) is 13.0 Å². The fourth-order valence-electron chi connectivity index (χ4n) is 2.92. The Hall–Kier alpha value is -1.35. The molecule has 17 heavy (non-hydrogen) atoms. The van der Waals surface area contributed by atoms with Crippen molar-refractivity contribution in [2.75, 3.05) is 6.61 Å². The van der Waals surface area contributed by atoms with E-state index in [0.29, 0.717) is 6.61 Å². The summed E-state index contributed by atoms with van der Waals surface area (Å²) < 4.78 is 5.64. The molecule has 1 heterocycles. The summed E-state index contributed by atoms with van der Waals surface area (Å²) in [5.41, 5.74) is 3.94. The van der Waals surface area contributed by atoms with Crippen LogP contribution in [-0.4, -0.2) is 17.7 Å². The minimum absolute atomic E-state index is 0.0533. The summed E-state index contributed by atoms with van der Waals surface area (Å²) in [5.74, 6) is -0.802. The Labute approximate surface area is 101 Å². The van der Waals surface area contributed by atoms with Crippen LogP contribution in [0.1, 0.15) is 35.1 Å². The smallest absolute Gasteiger partial charge is 0.306 e. The largest absolute Gasteiger partial charge is 0.481 e. The van der Waals surface area contributed by atoms with E-state index >= 15 is 0 Å². The third-order valence-corrected chi connectivity index (χ3v) is 3.45. The maximum absolute atomic E-state index is 11.0. The minimum Gasteiger partial charge on any atom is -0.481 e. The molecule has 0 saturated carbocycles. The van der Waals surface area contributed by atoms with Crippen LogP contribution in [-0.2, 0) is 15.1 Å². The summed E-state index contributed by atoms with van der Waals surface area (Å²) in [6.45, 7) is 6.76. The Morgan fingerprint density at radius 2 is 1.88 bits per heavy atom. The third kappa shape index (κ3) is 2.07. The number of ether oxygens (including phenoxy) is 1. The lowest BCUT2D eigenvalue weighted by Gasteiger charge is -2.43. The molecule has 1 aliphatic rings. The summed E-state index contributed by atoms with van der Waals surface area (Å²) in [4.78, 5) is 11.0. The topological polar surface area (TPSA) is 46.5 Å². The van der Waals surface area contributed by atoms with Gasteiger partial charge in [0.25, 0.3) is 0 Å². The Kier molecular flexibility index (Phi) is 2.96. The highest BCUT2D eigenvalue weighted by Crippen LogP contribution is 2.43. The van der Waals surface area contributed by atoms with Crippen LogP contribution in [0.5, 0.6) is 0 Å². The summed E-state index contributed by atoms with van der Waals surface area (Å²) in [7, 11) is 0. The zero-order valence-electron chi connectivity index (χ0n) is 10.5. The number of rotatable bonds is 3. The van der Waals surface area contributed by atoms with Gasteiger partial charge in [-0.2, -0.15) is 0 Å². The summed E-state index contributed by atoms with van der Waals surface area (Å²) in [6.07, 6.45) is 0.849. The van der Waals surface area contributed by atoms with Gasteiger partial charge in [-0.05, 0) is 37.5 Å². The average Bonchev–Trinajstić information content (AvgIpc) is 2.11. The Bertz CT molecular complexity index is 436. The molecular weight excluding hydrogens is 216 g/mol. The molecule has 1 unspecified atom stereocenters. The first-order valence-corrected chi connectivity index (χ1v) is 5.89. The predicted molar refractivity (Wildman–Crippen MR) is 65.2 cm³/mol. The van der Waals surface area contributed by atoms with Crippen molar-refractivity contribution >= 4 is 5.97 Å². The van der Waals surface area contributed by atoms with Crippen LogP contribution < -0.4 is 0 Å². The SMILES string of the molecule is Cc1cc(C)c(C2(CC(=O)O)CCO2)c(C)c1. The van der Waals surface area contributed by atoms with Crippen molar-refractivity contribution in [3.05, 3.63) is 34.4 Å². The van der Waals surface area contributed by atoms with Crippen molar-refractivity contribution in [2.24, 2.45) is 0 Å². The first-order chi connectivity index (χ1) is 7.94. The number of carbonyl (C=O) groups is 1. The fraction of sp³-hybridized carbons (Fsp3) is 0.500. The number of benzene rings is 1. The molecule has 2 rings (SSSR count). The van der Waals surface area contributed by atoms with Gasteiger partial charge in [0, 0.05) is 6.42 Å². The van der Waals surface area contributed by atoms with Gasteiger partial charge in [-0.25, -0.2) is 0 Å². The van der Waals surface area contributed by atoms with E-state index in [1.807, 2.05) is 13.8 Å². The van der Waals surface area contributed by atoms with E-state index in [-0.39, 0.29) is 6.42 Å². The average molecular weight is 234 g/mol. The highest BCUT2D eigenvalue weighted by Gasteiger charge is 2.44. The van der Waals surface area contributed by atoms with Crippen molar-refractivity contribution in [3.8, 4) is 0 Å². The zero-order valence-corrected chi connectivity index (χ0v) is 10.5. The van der Waals surface area contributed by atoms with Crippen LogP contribution in [0.4, 0.5) is 0 Å². The molecule has 1 aromatic rings. The van der Waals surface area contributed by atoms with Crippen molar-refractivity contribution in [2.45, 2.75) is 39.2 Å². The van der Waals surface area contributed by atoms with Gasteiger partial charge in [0.1, 0.15) is 5.60 Å². The van der Waals surface area contributed by atoms with Crippen LogP contribution in [0.3, 0.4) is 0 Å². The zero-order chi connectivity index (χ0) is 12.6. The van der Waals surface area contributed by atoms with E-state index in [1.165, 1.54) is 5.56 Å². The van der Waals surface area contributed by atoms with Gasteiger partial charge in [0.15, 0.2) is 0 Å². The molecular formula is C14H18O3. The molecule has 0 aliphatic carbocycles. The molecule has 0 bridgehead atoms. The Balaban J connectivity index is 2.47. The van der Waals surface area contributed by atoms with Crippen LogP contribution >= 0.6 is 0 Å². The number of hydrogen-bond donors (Lipinski definition) is 1. The molecule has 1 N–H and O–H groups in total. The lowest BCUT2D eigenvalue weighted by Crippen LogP contribution is -2.43. The van der Waals surface area contributed by atoms with Crippen LogP contribution in [0.25, 0.3) is 0 Å². The second-order valence-electron chi connectivity index (χ2n) is 4.94. The summed E-state index contributed by atoms with van der Waals surface area (Å²) in [6, 6.07) is 4.18. The minimum atomic E-state index is -0.802. The lowest BCUT2D eigenvalue weighted by atomic mass is 9.78. The van der Waals surface area contributed by atoms with E-state index < -0.39 is 11.6 Å². The Morgan fingerprint density at radius 1 is 1.35 bits per heavy atom. The maximum Gasteiger partial charge on any atom is 0.306 e. The standard InChI is InChI=1S/C14H18O3/c1-9-6-10(2)13(11(3)7-9)14(4-5-17-14)8-12(15)16/h6-7H,4-5,8H2,1-3H3,(H,15,16). The molecule has 1 saturated heterocycles. The van der Waals surface area contributed by atoms with Gasteiger partial charge in [-0.3, -0.25) is 4.79 Å². The number of hydrogen-bond acceptors (Lipinski definition) is 2. The van der Waals surface area contributed by atoms with E-state index in [4.69, 9.17) is 9.84 Å². The number of aryl methyl sites for hydroxylation is 3. The highest BCUT2D eigenvalue weighted by atomic mass is 16.5. The first kappa shape index (κ1) is 12.1. The summed E-state index contributed by atoms with van der Waals surface area (Å²) in [5, 5.41) is 9.03. The molecule has 1 aromatic carbocycles. The van der Waals surface area contributed by atoms with E-state index in [0.717, 1.165) is 23.1 Å². The van der Waals surface area contributed by atoms with Crippen molar-refractivity contribution in [1.29, 1.82) is 0 Å². The first-order valence-electron chi connectivity index (χ1n) is 5.89. The molecule has 92 valence electrons. The molecule has 1 fully saturated rings. The molecule has 1 aliphatic heterocycles. The molecule has 0 radical (unpaired) electrons. The van der Waals surface area contributed by atoms with Crippen molar-refractivity contribution in [3.63, 3.8) is 0 Å². The normalized spacial score (nSPS) is 23.2. The summed E-state index contributed by atoms with van der Waals surface area (Å²) >= 11 is 0. The fourth-order valence-corrected chi connectivity index (χ4v) is 2.92. The predicted octanol–water partition coefficient (Wildman–Crippen LogP) is 2.70. The number of aliphatic carboxylic acids is 1. The van der Waals surface area contributed by atoms with Gasteiger partial charge >= 0.3 is 5.97 Å². The van der Waals surface area contributed by atoms with Gasteiger partial charge in [0.2, 0.25) is 0 Å². The van der Waals surface area contributed by atoms with Crippen LogP contribution in [0, 0.1) is 20.8 Å². The third-order valence-electron chi connectivity index (χ3n) is 3.45. The van der Waals surface area contributed by atoms with Crippen LogP contribution in [0.2, 0.25) is 0 Å². The lowest BCUT2D eigenvalue weighted by molar-refractivity contribution is -0.176. The van der Waals surface area contributed by atoms with Crippen molar-refractivity contribution < 1.29 is 14.6 Å². The molecule has 0 spiro atoms. The monoisotopic (exact) mass is 234 g/mol. The quantitative estimate of drug-likeness (QED) is 0.874. The van der Waals surface area contributed by atoms with Crippen LogP contribution in [0.15, 0.2) is 12.1 Å².